The van der Waals surface area contributed by atoms with Crippen LogP contribution in [0.15, 0.2) is 53.0 Å². The molecule has 0 spiro atoms. The van der Waals surface area contributed by atoms with Crippen LogP contribution < -0.4 is 11.1 Å². The van der Waals surface area contributed by atoms with Crippen molar-refractivity contribution in [1.82, 2.24) is 4.90 Å². The molecule has 25 heavy (non-hydrogen) atoms. The normalized spacial score (nSPS) is 10.4. The molecular formula is C19H25BrClN3O. The van der Waals surface area contributed by atoms with Crippen LogP contribution in [0.25, 0.3) is 0 Å². The maximum Gasteiger partial charge on any atom is 0.238 e. The summed E-state index contributed by atoms with van der Waals surface area (Å²) in [7, 11) is 0. The number of anilines is 1. The lowest BCUT2D eigenvalue weighted by Crippen LogP contribution is -2.38. The maximum absolute atomic E-state index is 12.3. The van der Waals surface area contributed by atoms with E-state index in [1.165, 1.54) is 5.56 Å². The molecule has 0 aliphatic rings. The van der Waals surface area contributed by atoms with Gasteiger partial charge in [-0.15, -0.1) is 12.4 Å². The maximum atomic E-state index is 12.3. The van der Waals surface area contributed by atoms with Gasteiger partial charge >= 0.3 is 0 Å². The summed E-state index contributed by atoms with van der Waals surface area (Å²) in [6, 6.07) is 16.2. The fourth-order valence-electron chi connectivity index (χ4n) is 2.50. The van der Waals surface area contributed by atoms with E-state index in [9.17, 15) is 4.79 Å². The first kappa shape index (κ1) is 21.6. The average Bonchev–Trinajstić information content (AvgIpc) is 2.56. The molecule has 1 amide bonds. The summed E-state index contributed by atoms with van der Waals surface area (Å²) in [5.74, 6) is -0.0268. The molecule has 2 rings (SSSR count). The smallest absolute Gasteiger partial charge is 0.238 e. The number of nitrogens with one attached hydrogen (secondary N) is 1. The Labute approximate surface area is 164 Å². The van der Waals surface area contributed by atoms with Crippen LogP contribution >= 0.6 is 28.3 Å². The average molecular weight is 427 g/mol. The second-order valence-corrected chi connectivity index (χ2v) is 6.69. The summed E-state index contributed by atoms with van der Waals surface area (Å²) in [6.07, 6.45) is 0.905. The molecule has 3 N–H and O–H groups in total. The Balaban J connectivity index is 0.00000312. The van der Waals surface area contributed by atoms with Gasteiger partial charge in [-0.3, -0.25) is 9.69 Å². The molecule has 0 fully saturated rings. The number of carbonyl (C=O) groups is 1. The van der Waals surface area contributed by atoms with Crippen molar-refractivity contribution < 1.29 is 4.79 Å². The van der Waals surface area contributed by atoms with Crippen LogP contribution in [0.2, 0.25) is 0 Å². The summed E-state index contributed by atoms with van der Waals surface area (Å²) in [5, 5.41) is 2.96. The Kier molecular flexibility index (Phi) is 9.75. The Hall–Kier alpha value is -1.40. The third-order valence-electron chi connectivity index (χ3n) is 3.77. The Morgan fingerprint density at radius 1 is 1.16 bits per heavy atom. The minimum Gasteiger partial charge on any atom is -0.329 e. The van der Waals surface area contributed by atoms with Gasteiger partial charge in [0.05, 0.1) is 12.2 Å². The third kappa shape index (κ3) is 7.57. The van der Waals surface area contributed by atoms with Gasteiger partial charge < -0.3 is 11.1 Å². The van der Waals surface area contributed by atoms with Crippen molar-refractivity contribution in [2.75, 3.05) is 31.5 Å². The highest BCUT2D eigenvalue weighted by atomic mass is 79.9. The molecule has 0 unspecified atom stereocenters. The Bertz CT molecular complexity index is 667. The van der Waals surface area contributed by atoms with Crippen LogP contribution in [-0.4, -0.2) is 37.0 Å². The van der Waals surface area contributed by atoms with Crippen molar-refractivity contribution >= 4 is 39.9 Å². The number of nitrogens with two attached hydrogens (primary N) is 1. The number of benzene rings is 2. The number of hydrogen-bond donors (Lipinski definition) is 2. The number of aryl methyl sites for hydroxylation is 1. The third-order valence-corrected chi connectivity index (χ3v) is 4.43. The monoisotopic (exact) mass is 425 g/mol. The quantitative estimate of drug-likeness (QED) is 0.678. The van der Waals surface area contributed by atoms with Crippen molar-refractivity contribution in [2.24, 2.45) is 5.73 Å². The van der Waals surface area contributed by atoms with Gasteiger partial charge in [0.15, 0.2) is 0 Å². The molecule has 136 valence electrons. The van der Waals surface area contributed by atoms with E-state index in [0.29, 0.717) is 19.6 Å². The van der Waals surface area contributed by atoms with E-state index in [-0.39, 0.29) is 18.3 Å². The second kappa shape index (κ2) is 11.3. The van der Waals surface area contributed by atoms with E-state index in [0.717, 1.165) is 28.7 Å². The number of rotatable bonds is 8. The minimum atomic E-state index is -0.0268. The minimum absolute atomic E-state index is 0. The lowest BCUT2D eigenvalue weighted by molar-refractivity contribution is -0.117. The number of amides is 1. The molecule has 0 saturated heterocycles. The van der Waals surface area contributed by atoms with Gasteiger partial charge in [-0.25, -0.2) is 0 Å². The predicted molar refractivity (Wildman–Crippen MR) is 110 cm³/mol. The van der Waals surface area contributed by atoms with Crippen molar-refractivity contribution in [2.45, 2.75) is 13.3 Å². The number of carbonyl (C=O) groups excluding carboxylic acids is 1. The molecule has 0 saturated carbocycles. The van der Waals surface area contributed by atoms with E-state index in [1.807, 2.05) is 43.3 Å². The molecular weight excluding hydrogens is 402 g/mol. The first-order chi connectivity index (χ1) is 11.6. The SMILES string of the molecule is Cc1ccc(NC(=O)CN(CCN)CCc2ccccc2)c(Br)c1.Cl. The summed E-state index contributed by atoms with van der Waals surface area (Å²) in [4.78, 5) is 14.4. The van der Waals surface area contributed by atoms with Crippen molar-refractivity contribution in [3.63, 3.8) is 0 Å². The number of halogens is 2. The molecule has 0 bridgehead atoms. The summed E-state index contributed by atoms with van der Waals surface area (Å²) in [6.45, 7) is 4.41. The molecule has 2 aromatic carbocycles. The molecule has 4 nitrogen and oxygen atoms in total. The van der Waals surface area contributed by atoms with Crippen LogP contribution in [0.4, 0.5) is 5.69 Å². The van der Waals surface area contributed by atoms with Crippen molar-refractivity contribution in [1.29, 1.82) is 0 Å². The van der Waals surface area contributed by atoms with Gasteiger partial charge in [0, 0.05) is 24.1 Å². The number of hydrogen-bond acceptors (Lipinski definition) is 3. The lowest BCUT2D eigenvalue weighted by Gasteiger charge is -2.21. The van der Waals surface area contributed by atoms with Gasteiger partial charge in [0.1, 0.15) is 0 Å². The zero-order valence-corrected chi connectivity index (χ0v) is 16.8. The first-order valence-electron chi connectivity index (χ1n) is 8.11. The molecule has 0 aromatic heterocycles. The van der Waals surface area contributed by atoms with Gasteiger partial charge in [-0.1, -0.05) is 36.4 Å². The van der Waals surface area contributed by atoms with Gasteiger partial charge in [0.25, 0.3) is 0 Å². The predicted octanol–water partition coefficient (Wildman–Crippen LogP) is 3.62. The van der Waals surface area contributed by atoms with Crippen LogP contribution in [0.5, 0.6) is 0 Å². The highest BCUT2D eigenvalue weighted by molar-refractivity contribution is 9.10. The largest absolute Gasteiger partial charge is 0.329 e. The molecule has 0 radical (unpaired) electrons. The van der Waals surface area contributed by atoms with E-state index < -0.39 is 0 Å². The van der Waals surface area contributed by atoms with Gasteiger partial charge in [-0.05, 0) is 52.5 Å². The van der Waals surface area contributed by atoms with E-state index in [4.69, 9.17) is 5.73 Å². The first-order valence-corrected chi connectivity index (χ1v) is 8.90. The van der Waals surface area contributed by atoms with Crippen molar-refractivity contribution in [3.05, 3.63) is 64.1 Å². The standard InChI is InChI=1S/C19H24BrN3O.ClH/c1-15-7-8-18(17(20)13-15)22-19(24)14-23(12-10-21)11-9-16-5-3-2-4-6-16;/h2-8,13H,9-12,14,21H2,1H3,(H,22,24);1H. The van der Waals surface area contributed by atoms with Gasteiger partial charge in [-0.2, -0.15) is 0 Å². The van der Waals surface area contributed by atoms with E-state index >= 15 is 0 Å². The molecule has 0 aliphatic carbocycles. The molecule has 0 atom stereocenters. The topological polar surface area (TPSA) is 58.4 Å². The van der Waals surface area contributed by atoms with Crippen LogP contribution in [-0.2, 0) is 11.2 Å². The van der Waals surface area contributed by atoms with Crippen LogP contribution in [0.3, 0.4) is 0 Å². The fourth-order valence-corrected chi connectivity index (χ4v) is 3.09. The van der Waals surface area contributed by atoms with E-state index in [1.54, 1.807) is 0 Å². The van der Waals surface area contributed by atoms with Crippen molar-refractivity contribution in [3.8, 4) is 0 Å². The van der Waals surface area contributed by atoms with E-state index in [2.05, 4.69) is 38.3 Å². The van der Waals surface area contributed by atoms with Crippen LogP contribution in [0.1, 0.15) is 11.1 Å². The number of nitrogens with zero attached hydrogens (tertiary/aromatic N) is 1. The Morgan fingerprint density at radius 3 is 2.52 bits per heavy atom. The summed E-state index contributed by atoms with van der Waals surface area (Å²) >= 11 is 3.49. The molecule has 6 heteroatoms. The highest BCUT2D eigenvalue weighted by Crippen LogP contribution is 2.23. The summed E-state index contributed by atoms with van der Waals surface area (Å²) in [5.41, 5.74) is 8.89. The second-order valence-electron chi connectivity index (χ2n) is 5.83. The molecule has 0 aliphatic heterocycles. The lowest BCUT2D eigenvalue weighted by atomic mass is 10.1. The fraction of sp³-hybridized carbons (Fsp3) is 0.316. The zero-order chi connectivity index (χ0) is 17.4. The van der Waals surface area contributed by atoms with Gasteiger partial charge in [0.2, 0.25) is 5.91 Å². The van der Waals surface area contributed by atoms with Crippen LogP contribution in [0, 0.1) is 6.92 Å². The highest BCUT2D eigenvalue weighted by Gasteiger charge is 2.12. The summed E-state index contributed by atoms with van der Waals surface area (Å²) < 4.78 is 0.894. The Morgan fingerprint density at radius 2 is 1.88 bits per heavy atom. The zero-order valence-electron chi connectivity index (χ0n) is 14.4. The molecule has 2 aromatic rings. The molecule has 0 heterocycles.